The number of carbonyl (C=O) groups excluding carboxylic acids is 3. The highest BCUT2D eigenvalue weighted by atomic mass is 19.4. The number of nitrogens with one attached hydrogen (secondary N) is 3. The first-order valence-electron chi connectivity index (χ1n) is 9.87. The van der Waals surface area contributed by atoms with Gasteiger partial charge in [0.2, 0.25) is 29.5 Å². The minimum Gasteiger partial charge on any atom is -0.420 e. The zero-order valence-corrected chi connectivity index (χ0v) is 17.2. The van der Waals surface area contributed by atoms with E-state index in [2.05, 4.69) is 26.1 Å². The second-order valence-corrected chi connectivity index (χ2v) is 7.50. The number of carbonyl (C=O) groups is 3. The van der Waals surface area contributed by atoms with Gasteiger partial charge >= 0.3 is 6.18 Å². The molecule has 3 amide bonds. The average Bonchev–Trinajstić information content (AvgIpc) is 3.44. The fourth-order valence-electron chi connectivity index (χ4n) is 3.16. The summed E-state index contributed by atoms with van der Waals surface area (Å²) < 4.78 is 44.3. The maximum atomic E-state index is 13.0. The van der Waals surface area contributed by atoms with Crippen molar-refractivity contribution in [3.8, 4) is 11.5 Å². The summed E-state index contributed by atoms with van der Waals surface area (Å²) in [6.45, 7) is -0.479. The maximum absolute atomic E-state index is 13.0. The van der Waals surface area contributed by atoms with Gasteiger partial charge in [-0.2, -0.15) is 13.2 Å². The largest absolute Gasteiger partial charge is 0.420 e. The number of aromatic nitrogens is 2. The Kier molecular flexibility index (Phi) is 6.80. The maximum Gasteiger partial charge on any atom is 0.391 e. The van der Waals surface area contributed by atoms with Crippen molar-refractivity contribution in [2.45, 2.75) is 37.9 Å². The fraction of sp³-hybridized carbons (Fsp3) is 0.450. The van der Waals surface area contributed by atoms with Gasteiger partial charge < -0.3 is 20.4 Å². The molecule has 32 heavy (non-hydrogen) atoms. The molecule has 9 nitrogen and oxygen atoms in total. The van der Waals surface area contributed by atoms with Crippen LogP contribution in [-0.4, -0.2) is 53.7 Å². The SMILES string of the molecule is CNC(=O)C1(C(=O)NC(CNC(=O)Cc2nnc(-c3ccccc3)o2)CC(F)(F)F)CC1. The van der Waals surface area contributed by atoms with Gasteiger partial charge in [0, 0.05) is 19.2 Å². The van der Waals surface area contributed by atoms with Crippen molar-refractivity contribution in [3.05, 3.63) is 36.2 Å². The number of hydrogen-bond acceptors (Lipinski definition) is 6. The Morgan fingerprint density at radius 1 is 1.12 bits per heavy atom. The topological polar surface area (TPSA) is 126 Å². The predicted molar refractivity (Wildman–Crippen MR) is 105 cm³/mol. The fourth-order valence-corrected chi connectivity index (χ4v) is 3.16. The molecule has 172 valence electrons. The van der Waals surface area contributed by atoms with Crippen LogP contribution in [0.15, 0.2) is 34.7 Å². The molecule has 1 atom stereocenters. The first-order valence-corrected chi connectivity index (χ1v) is 9.87. The molecule has 0 spiro atoms. The van der Waals surface area contributed by atoms with E-state index in [1.165, 1.54) is 7.05 Å². The van der Waals surface area contributed by atoms with Crippen molar-refractivity contribution in [2.24, 2.45) is 5.41 Å². The molecule has 0 bridgehead atoms. The molecular weight excluding hydrogens is 431 g/mol. The van der Waals surface area contributed by atoms with Crippen LogP contribution in [-0.2, 0) is 20.8 Å². The van der Waals surface area contributed by atoms with Gasteiger partial charge in [0.15, 0.2) is 0 Å². The molecule has 0 aliphatic heterocycles. The van der Waals surface area contributed by atoms with Crippen molar-refractivity contribution >= 4 is 17.7 Å². The third-order valence-corrected chi connectivity index (χ3v) is 5.00. The number of rotatable bonds is 9. The van der Waals surface area contributed by atoms with Gasteiger partial charge in [-0.05, 0) is 25.0 Å². The van der Waals surface area contributed by atoms with E-state index in [4.69, 9.17) is 4.42 Å². The summed E-state index contributed by atoms with van der Waals surface area (Å²) in [6.07, 6.45) is -5.77. The lowest BCUT2D eigenvalue weighted by atomic mass is 10.0. The molecule has 1 aliphatic carbocycles. The van der Waals surface area contributed by atoms with E-state index in [1.54, 1.807) is 24.3 Å². The molecule has 1 fully saturated rings. The summed E-state index contributed by atoms with van der Waals surface area (Å²) in [7, 11) is 1.35. The summed E-state index contributed by atoms with van der Waals surface area (Å²) in [5.41, 5.74) is -0.690. The normalized spacial score (nSPS) is 15.5. The monoisotopic (exact) mass is 453 g/mol. The standard InChI is InChI=1S/C20H22F3N5O4/c1-24-17(30)19(7-8-19)18(31)26-13(10-20(21,22)23)11-25-14(29)9-15-27-28-16(32-15)12-5-3-2-4-6-12/h2-6,13H,7-11H2,1H3,(H,24,30)(H,25,29)(H,26,31). The van der Waals surface area contributed by atoms with Crippen LogP contribution in [0.3, 0.4) is 0 Å². The minimum atomic E-state index is -4.58. The number of amides is 3. The lowest BCUT2D eigenvalue weighted by Crippen LogP contribution is -2.51. The third-order valence-electron chi connectivity index (χ3n) is 5.00. The van der Waals surface area contributed by atoms with E-state index >= 15 is 0 Å². The van der Waals surface area contributed by atoms with Crippen LogP contribution >= 0.6 is 0 Å². The highest BCUT2D eigenvalue weighted by Gasteiger charge is 2.56. The molecule has 3 N–H and O–H groups in total. The Balaban J connectivity index is 1.57. The molecule has 12 heteroatoms. The first kappa shape index (κ1) is 23.2. The Morgan fingerprint density at radius 3 is 2.41 bits per heavy atom. The third kappa shape index (κ3) is 5.83. The van der Waals surface area contributed by atoms with Crippen LogP contribution in [0.5, 0.6) is 0 Å². The number of hydrogen-bond donors (Lipinski definition) is 3. The molecule has 3 rings (SSSR count). The summed E-state index contributed by atoms with van der Waals surface area (Å²) in [5, 5.41) is 14.5. The van der Waals surface area contributed by atoms with Crippen LogP contribution in [0.2, 0.25) is 0 Å². The second-order valence-electron chi connectivity index (χ2n) is 7.50. The van der Waals surface area contributed by atoms with Crippen LogP contribution < -0.4 is 16.0 Å². The summed E-state index contributed by atoms with van der Waals surface area (Å²) in [6, 6.07) is 7.41. The van der Waals surface area contributed by atoms with Gasteiger partial charge in [0.1, 0.15) is 11.8 Å². The van der Waals surface area contributed by atoms with Crippen molar-refractivity contribution in [3.63, 3.8) is 0 Å². The molecule has 1 unspecified atom stereocenters. The Labute approximate surface area is 181 Å². The molecule has 0 saturated heterocycles. The van der Waals surface area contributed by atoms with Crippen LogP contribution in [0, 0.1) is 5.41 Å². The molecule has 1 aliphatic rings. The number of alkyl halides is 3. The Hall–Kier alpha value is -3.44. The first-order chi connectivity index (χ1) is 15.1. The van der Waals surface area contributed by atoms with Crippen molar-refractivity contribution in [1.82, 2.24) is 26.1 Å². The van der Waals surface area contributed by atoms with Crippen molar-refractivity contribution in [1.29, 1.82) is 0 Å². The number of halogens is 3. The van der Waals surface area contributed by atoms with Crippen LogP contribution in [0.25, 0.3) is 11.5 Å². The van der Waals surface area contributed by atoms with Gasteiger partial charge in [0.25, 0.3) is 0 Å². The Bertz CT molecular complexity index is 973. The van der Waals surface area contributed by atoms with Crippen LogP contribution in [0.4, 0.5) is 13.2 Å². The minimum absolute atomic E-state index is 0.00527. The lowest BCUT2D eigenvalue weighted by Gasteiger charge is -2.23. The molecule has 1 saturated carbocycles. The van der Waals surface area contributed by atoms with Crippen molar-refractivity contribution < 1.29 is 32.0 Å². The molecule has 1 aromatic carbocycles. The zero-order valence-electron chi connectivity index (χ0n) is 17.2. The van der Waals surface area contributed by atoms with Gasteiger partial charge in [0.05, 0.1) is 12.5 Å². The molecule has 1 heterocycles. The van der Waals surface area contributed by atoms with E-state index in [0.717, 1.165) is 0 Å². The number of nitrogens with zero attached hydrogens (tertiary/aromatic N) is 2. The van der Waals surface area contributed by atoms with Gasteiger partial charge in [-0.3, -0.25) is 14.4 Å². The van der Waals surface area contributed by atoms with E-state index in [1.807, 2.05) is 6.07 Å². The van der Waals surface area contributed by atoms with E-state index < -0.39 is 48.3 Å². The van der Waals surface area contributed by atoms with Gasteiger partial charge in [-0.25, -0.2) is 0 Å². The highest BCUT2D eigenvalue weighted by molar-refractivity contribution is 6.07. The zero-order chi connectivity index (χ0) is 23.4. The molecule has 2 aromatic rings. The molecular formula is C20H22F3N5O4. The smallest absolute Gasteiger partial charge is 0.391 e. The van der Waals surface area contributed by atoms with E-state index in [9.17, 15) is 27.6 Å². The summed E-state index contributed by atoms with van der Waals surface area (Å²) in [5.74, 6) is -1.78. The van der Waals surface area contributed by atoms with E-state index in [0.29, 0.717) is 5.56 Å². The summed E-state index contributed by atoms with van der Waals surface area (Å²) in [4.78, 5) is 36.5. The summed E-state index contributed by atoms with van der Waals surface area (Å²) >= 11 is 0. The number of benzene rings is 1. The van der Waals surface area contributed by atoms with Gasteiger partial charge in [-0.15, -0.1) is 10.2 Å². The van der Waals surface area contributed by atoms with E-state index in [-0.39, 0.29) is 31.0 Å². The highest BCUT2D eigenvalue weighted by Crippen LogP contribution is 2.46. The predicted octanol–water partition coefficient (Wildman–Crippen LogP) is 1.36. The molecule has 1 aromatic heterocycles. The quantitative estimate of drug-likeness (QED) is 0.492. The second kappa shape index (κ2) is 9.37. The lowest BCUT2D eigenvalue weighted by molar-refractivity contribution is -0.145. The Morgan fingerprint density at radius 2 is 1.81 bits per heavy atom. The van der Waals surface area contributed by atoms with Crippen molar-refractivity contribution in [2.75, 3.05) is 13.6 Å². The molecule has 0 radical (unpaired) electrons. The van der Waals surface area contributed by atoms with Gasteiger partial charge in [-0.1, -0.05) is 18.2 Å². The van der Waals surface area contributed by atoms with Crippen LogP contribution in [0.1, 0.15) is 25.2 Å². The average molecular weight is 453 g/mol.